The molecule has 0 saturated carbocycles. The average molecular weight is 290 g/mol. The van der Waals surface area contributed by atoms with E-state index in [0.29, 0.717) is 5.82 Å². The van der Waals surface area contributed by atoms with Crippen molar-refractivity contribution in [3.05, 3.63) is 26.4 Å². The second-order valence-corrected chi connectivity index (χ2v) is 6.52. The van der Waals surface area contributed by atoms with Crippen LogP contribution in [0.4, 0.5) is 5.82 Å². The maximum absolute atomic E-state index is 12.2. The van der Waals surface area contributed by atoms with Crippen molar-refractivity contribution in [2.24, 2.45) is 19.5 Å². The van der Waals surface area contributed by atoms with E-state index in [1.54, 1.807) is 7.05 Å². The molecule has 6 heteroatoms. The van der Waals surface area contributed by atoms with Gasteiger partial charge >= 0.3 is 5.69 Å². The van der Waals surface area contributed by atoms with Crippen LogP contribution < -0.4 is 16.1 Å². The molecule has 6 nitrogen and oxygen atoms in total. The van der Waals surface area contributed by atoms with Gasteiger partial charge in [-0.05, 0) is 24.7 Å². The summed E-state index contributed by atoms with van der Waals surface area (Å²) in [7, 11) is 3.02. The van der Waals surface area contributed by atoms with Crippen LogP contribution in [0.2, 0.25) is 0 Å². The fourth-order valence-corrected chi connectivity index (χ4v) is 2.94. The maximum Gasteiger partial charge on any atom is 0.332 e. The smallest absolute Gasteiger partial charge is 0.332 e. The fraction of sp³-hybridized carbons (Fsp3) is 0.667. The number of rotatable bonds is 1. The van der Waals surface area contributed by atoms with Gasteiger partial charge in [-0.1, -0.05) is 13.8 Å². The molecule has 0 bridgehead atoms. The van der Waals surface area contributed by atoms with Crippen molar-refractivity contribution in [3.8, 4) is 6.07 Å². The topological polar surface area (TPSA) is 71.0 Å². The lowest BCUT2D eigenvalue weighted by atomic mass is 9.85. The fourth-order valence-electron chi connectivity index (χ4n) is 2.94. The molecule has 0 N–H and O–H groups in total. The lowest BCUT2D eigenvalue weighted by Gasteiger charge is -2.27. The zero-order valence-electron chi connectivity index (χ0n) is 13.1. The van der Waals surface area contributed by atoms with Crippen LogP contribution in [-0.2, 0) is 14.1 Å². The summed E-state index contributed by atoms with van der Waals surface area (Å²) in [6.45, 7) is 5.97. The van der Waals surface area contributed by atoms with E-state index in [1.807, 2.05) is 11.0 Å². The van der Waals surface area contributed by atoms with Crippen LogP contribution in [-0.4, -0.2) is 22.2 Å². The number of aromatic nitrogens is 2. The Morgan fingerprint density at radius 1 is 1.10 bits per heavy atom. The minimum Gasteiger partial charge on any atom is -0.357 e. The van der Waals surface area contributed by atoms with E-state index in [2.05, 4.69) is 13.8 Å². The van der Waals surface area contributed by atoms with E-state index < -0.39 is 11.2 Å². The third-order valence-corrected chi connectivity index (χ3v) is 4.39. The average Bonchev–Trinajstić information content (AvgIpc) is 2.61. The molecule has 114 valence electrons. The summed E-state index contributed by atoms with van der Waals surface area (Å²) < 4.78 is 2.40. The predicted molar refractivity (Wildman–Crippen MR) is 81.5 cm³/mol. The molecule has 0 aromatic carbocycles. The van der Waals surface area contributed by atoms with Gasteiger partial charge in [0.05, 0.1) is 0 Å². The Balaban J connectivity index is 2.57. The van der Waals surface area contributed by atoms with Gasteiger partial charge in [-0.15, -0.1) is 0 Å². The normalized spacial score (nSPS) is 18.1. The van der Waals surface area contributed by atoms with E-state index in [4.69, 9.17) is 0 Å². The molecule has 0 aliphatic carbocycles. The Morgan fingerprint density at radius 2 is 1.76 bits per heavy atom. The SMILES string of the molecule is Cn1c(N2CCCC(C)(C)CC2)c(C#N)c(=O)n(C)c1=O. The lowest BCUT2D eigenvalue weighted by molar-refractivity contribution is 0.325. The summed E-state index contributed by atoms with van der Waals surface area (Å²) in [5.41, 5.74) is -0.601. The molecule has 0 unspecified atom stereocenters. The van der Waals surface area contributed by atoms with Crippen LogP contribution in [0, 0.1) is 16.7 Å². The third-order valence-electron chi connectivity index (χ3n) is 4.39. The van der Waals surface area contributed by atoms with Crippen LogP contribution in [0.25, 0.3) is 0 Å². The van der Waals surface area contributed by atoms with Gasteiger partial charge < -0.3 is 4.90 Å². The highest BCUT2D eigenvalue weighted by molar-refractivity contribution is 5.53. The van der Waals surface area contributed by atoms with E-state index in [9.17, 15) is 14.9 Å². The molecule has 1 aliphatic heterocycles. The van der Waals surface area contributed by atoms with Gasteiger partial charge in [-0.3, -0.25) is 13.9 Å². The number of hydrogen-bond donors (Lipinski definition) is 0. The second kappa shape index (κ2) is 5.40. The van der Waals surface area contributed by atoms with Gasteiger partial charge in [-0.25, -0.2) is 4.79 Å². The molecule has 1 aromatic rings. The largest absolute Gasteiger partial charge is 0.357 e. The molecule has 0 atom stereocenters. The number of nitrogens with zero attached hydrogens (tertiary/aromatic N) is 4. The predicted octanol–water partition coefficient (Wildman–Crippen LogP) is 0.972. The van der Waals surface area contributed by atoms with Crippen molar-refractivity contribution in [3.63, 3.8) is 0 Å². The first-order chi connectivity index (χ1) is 9.78. The second-order valence-electron chi connectivity index (χ2n) is 6.52. The Kier molecular flexibility index (Phi) is 3.95. The van der Waals surface area contributed by atoms with E-state index in [0.717, 1.165) is 36.9 Å². The minimum atomic E-state index is -0.515. The summed E-state index contributed by atoms with van der Waals surface area (Å²) in [6, 6.07) is 1.98. The summed E-state index contributed by atoms with van der Waals surface area (Å²) in [4.78, 5) is 26.3. The molecule has 0 spiro atoms. The molecule has 21 heavy (non-hydrogen) atoms. The molecule has 0 radical (unpaired) electrons. The molecule has 1 fully saturated rings. The van der Waals surface area contributed by atoms with Crippen molar-refractivity contribution in [2.45, 2.75) is 33.1 Å². The van der Waals surface area contributed by atoms with E-state index in [-0.39, 0.29) is 11.0 Å². The highest BCUT2D eigenvalue weighted by atomic mass is 16.2. The molecule has 1 aromatic heterocycles. The molecular weight excluding hydrogens is 268 g/mol. The van der Waals surface area contributed by atoms with Crippen LogP contribution in [0.1, 0.15) is 38.7 Å². The van der Waals surface area contributed by atoms with Crippen molar-refractivity contribution < 1.29 is 0 Å². The molecular formula is C15H22N4O2. The van der Waals surface area contributed by atoms with Gasteiger partial charge in [0, 0.05) is 27.2 Å². The maximum atomic E-state index is 12.2. The Bertz CT molecular complexity index is 706. The summed E-state index contributed by atoms with van der Waals surface area (Å²) >= 11 is 0. The highest BCUT2D eigenvalue weighted by Crippen LogP contribution is 2.31. The van der Waals surface area contributed by atoms with Crippen molar-refractivity contribution >= 4 is 5.82 Å². The molecule has 0 amide bonds. The van der Waals surface area contributed by atoms with E-state index >= 15 is 0 Å². The number of nitriles is 1. The van der Waals surface area contributed by atoms with Gasteiger partial charge in [0.15, 0.2) is 5.56 Å². The molecule has 1 aliphatic rings. The van der Waals surface area contributed by atoms with Gasteiger partial charge in [0.2, 0.25) is 0 Å². The van der Waals surface area contributed by atoms with Crippen LogP contribution in [0.3, 0.4) is 0 Å². The van der Waals surface area contributed by atoms with Gasteiger partial charge in [-0.2, -0.15) is 5.26 Å². The first-order valence-electron chi connectivity index (χ1n) is 7.23. The first-order valence-corrected chi connectivity index (χ1v) is 7.23. The number of hydrogen-bond acceptors (Lipinski definition) is 4. The Morgan fingerprint density at radius 3 is 2.38 bits per heavy atom. The minimum absolute atomic E-state index is 0.0549. The summed E-state index contributed by atoms with van der Waals surface area (Å²) in [5.74, 6) is 0.461. The Hall–Kier alpha value is -2.03. The zero-order chi connectivity index (χ0) is 15.8. The molecule has 1 saturated heterocycles. The highest BCUT2D eigenvalue weighted by Gasteiger charge is 2.27. The number of anilines is 1. The first kappa shape index (κ1) is 15.4. The van der Waals surface area contributed by atoms with Gasteiger partial charge in [0.1, 0.15) is 11.9 Å². The summed E-state index contributed by atoms with van der Waals surface area (Å²) in [5, 5.41) is 9.34. The monoisotopic (exact) mass is 290 g/mol. The van der Waals surface area contributed by atoms with Crippen LogP contribution in [0.5, 0.6) is 0 Å². The molecule has 2 rings (SSSR count). The van der Waals surface area contributed by atoms with Crippen LogP contribution in [0.15, 0.2) is 9.59 Å². The zero-order valence-corrected chi connectivity index (χ0v) is 13.1. The quantitative estimate of drug-likeness (QED) is 0.773. The lowest BCUT2D eigenvalue weighted by Crippen LogP contribution is -2.43. The summed E-state index contributed by atoms with van der Waals surface area (Å²) in [6.07, 6.45) is 3.06. The third kappa shape index (κ3) is 2.73. The van der Waals surface area contributed by atoms with Crippen molar-refractivity contribution in [1.82, 2.24) is 9.13 Å². The van der Waals surface area contributed by atoms with Crippen LogP contribution >= 0.6 is 0 Å². The van der Waals surface area contributed by atoms with Crippen molar-refractivity contribution in [1.29, 1.82) is 5.26 Å². The Labute approximate surface area is 124 Å². The van der Waals surface area contributed by atoms with Gasteiger partial charge in [0.25, 0.3) is 5.56 Å². The molecule has 2 heterocycles. The van der Waals surface area contributed by atoms with Crippen molar-refractivity contribution in [2.75, 3.05) is 18.0 Å². The van der Waals surface area contributed by atoms with E-state index in [1.165, 1.54) is 11.6 Å². The standard InChI is InChI=1S/C15H22N4O2/c1-15(2)6-5-8-19(9-7-15)12-11(10-16)13(20)18(4)14(21)17(12)3/h5-9H2,1-4H3.